The van der Waals surface area contributed by atoms with Crippen LogP contribution in [-0.4, -0.2) is 58.8 Å². The lowest BCUT2D eigenvalue weighted by Crippen LogP contribution is -2.58. The normalized spacial score (nSPS) is 15.7. The van der Waals surface area contributed by atoms with Gasteiger partial charge in [-0.3, -0.25) is 9.59 Å². The van der Waals surface area contributed by atoms with Gasteiger partial charge >= 0.3 is 11.9 Å². The Balaban J connectivity index is 4.47. The average molecular weight is 540 g/mol. The summed E-state index contributed by atoms with van der Waals surface area (Å²) in [5, 5.41) is 30.5. The van der Waals surface area contributed by atoms with Gasteiger partial charge in [0.05, 0.1) is 26.2 Å². The molecule has 38 heavy (non-hydrogen) atoms. The van der Waals surface area contributed by atoms with Gasteiger partial charge in [-0.2, -0.15) is 0 Å². The number of aliphatic carboxylic acids is 3. The van der Waals surface area contributed by atoms with Crippen LogP contribution in [0.2, 0.25) is 0 Å². The fourth-order valence-corrected chi connectivity index (χ4v) is 5.34. The Hall–Kier alpha value is -1.89. The molecule has 0 rings (SSSR count). The summed E-state index contributed by atoms with van der Waals surface area (Å²) in [6.07, 6.45) is 22.7. The maximum atomic E-state index is 11.6. The van der Waals surface area contributed by atoms with Crippen molar-refractivity contribution < 1.29 is 34.2 Å². The van der Waals surface area contributed by atoms with E-state index in [4.69, 9.17) is 0 Å². The van der Waals surface area contributed by atoms with Crippen molar-refractivity contribution in [2.45, 2.75) is 124 Å². The second-order valence-corrected chi connectivity index (χ2v) is 11.6. The number of carboxylic acid groups (broad SMARTS) is 3. The molecule has 0 aromatic heterocycles. The lowest BCUT2D eigenvalue weighted by Gasteiger charge is -2.43. The Kier molecular flexibility index (Phi) is 20.9. The second kappa shape index (κ2) is 22.0. The molecule has 0 aliphatic rings. The smallest absolute Gasteiger partial charge is 0.311 e. The van der Waals surface area contributed by atoms with Crippen LogP contribution >= 0.6 is 0 Å². The number of nitrogens with zero attached hydrogens (tertiary/aromatic N) is 1. The molecule has 3 atom stereocenters. The molecule has 222 valence electrons. The average Bonchev–Trinajstić information content (AvgIpc) is 2.85. The molecule has 0 radical (unpaired) electrons. The molecule has 0 aromatic carbocycles. The van der Waals surface area contributed by atoms with Crippen molar-refractivity contribution >= 4 is 17.9 Å². The number of carbonyl (C=O) groups excluding carboxylic acids is 1. The Morgan fingerprint density at radius 2 is 1.00 bits per heavy atom. The number of hydrogen-bond acceptors (Lipinski definition) is 4. The van der Waals surface area contributed by atoms with Gasteiger partial charge in [-0.15, -0.1) is 0 Å². The van der Waals surface area contributed by atoms with Crippen LogP contribution in [-0.2, 0) is 14.4 Å². The van der Waals surface area contributed by atoms with E-state index in [0.29, 0.717) is 6.54 Å². The van der Waals surface area contributed by atoms with E-state index in [0.717, 1.165) is 32.1 Å². The van der Waals surface area contributed by atoms with E-state index < -0.39 is 35.7 Å². The van der Waals surface area contributed by atoms with Crippen LogP contribution in [0.5, 0.6) is 0 Å². The topological polar surface area (TPSA) is 115 Å². The highest BCUT2D eigenvalue weighted by Crippen LogP contribution is 2.22. The third-order valence-corrected chi connectivity index (χ3v) is 7.62. The number of unbranched alkanes of at least 4 members (excludes halogenated alkanes) is 13. The number of carboxylic acids is 3. The number of hydrogen-bond donors (Lipinski definition) is 2. The zero-order valence-corrected chi connectivity index (χ0v) is 24.8. The minimum Gasteiger partial charge on any atom is -0.550 e. The molecule has 2 N–H and O–H groups in total. The number of quaternary nitrogens is 1. The van der Waals surface area contributed by atoms with Gasteiger partial charge in [-0.1, -0.05) is 83.8 Å². The Labute approximate surface area is 232 Å². The zero-order chi connectivity index (χ0) is 28.8. The highest BCUT2D eigenvalue weighted by molar-refractivity contribution is 5.70. The summed E-state index contributed by atoms with van der Waals surface area (Å²) in [4.78, 5) is 34.7. The molecular weight excluding hydrogens is 482 g/mol. The quantitative estimate of drug-likeness (QED) is 0.0784. The molecule has 7 heteroatoms. The third-order valence-electron chi connectivity index (χ3n) is 7.62. The minimum absolute atomic E-state index is 0.180. The van der Waals surface area contributed by atoms with Gasteiger partial charge in [-0.05, 0) is 52.4 Å². The van der Waals surface area contributed by atoms with E-state index in [2.05, 4.69) is 19.1 Å². The first-order chi connectivity index (χ1) is 18.0. The highest BCUT2D eigenvalue weighted by atomic mass is 16.4. The summed E-state index contributed by atoms with van der Waals surface area (Å²) < 4.78 is 0.180. The molecule has 0 heterocycles. The monoisotopic (exact) mass is 539 g/mol. The lowest BCUT2D eigenvalue weighted by molar-refractivity contribution is -0.934. The first kappa shape index (κ1) is 36.1. The summed E-state index contributed by atoms with van der Waals surface area (Å²) in [6.45, 7) is 8.21. The van der Waals surface area contributed by atoms with E-state index in [1.807, 2.05) is 0 Å². The van der Waals surface area contributed by atoms with Crippen LogP contribution < -0.4 is 5.11 Å². The van der Waals surface area contributed by atoms with E-state index in [9.17, 15) is 29.7 Å². The maximum absolute atomic E-state index is 11.6. The van der Waals surface area contributed by atoms with E-state index in [-0.39, 0.29) is 24.1 Å². The fraction of sp³-hybridized carbons (Fsp3) is 0.839. The van der Waals surface area contributed by atoms with Gasteiger partial charge < -0.3 is 24.6 Å². The number of carbonyl (C=O) groups is 3. The molecule has 0 saturated carbocycles. The molecule has 0 saturated heterocycles. The molecular formula is C31H57NO6. The summed E-state index contributed by atoms with van der Waals surface area (Å²) in [6, 6.07) is 0. The standard InChI is InChI=1S/C31H57NO6/c1-5-6-7-8-9-10-11-12-13-14-15-16-17-18-19-20-21-22-32(23-26(2)29(33)34,24-27(3)30(35)36)25-28(4)31(37)38/h13-14,26-28H,5-12,15-25H2,1-4H3,(H2-,33,34,35,36,37,38)/b14-13+. The van der Waals surface area contributed by atoms with Crippen LogP contribution in [0.3, 0.4) is 0 Å². The van der Waals surface area contributed by atoms with Crippen LogP contribution in [0.4, 0.5) is 0 Å². The molecule has 0 fully saturated rings. The summed E-state index contributed by atoms with van der Waals surface area (Å²) >= 11 is 0. The van der Waals surface area contributed by atoms with E-state index in [1.165, 1.54) is 64.2 Å². The molecule has 0 amide bonds. The van der Waals surface area contributed by atoms with Crippen molar-refractivity contribution in [2.24, 2.45) is 17.8 Å². The van der Waals surface area contributed by atoms with Crippen LogP contribution in [0.25, 0.3) is 0 Å². The highest BCUT2D eigenvalue weighted by Gasteiger charge is 2.36. The van der Waals surface area contributed by atoms with Crippen LogP contribution in [0.15, 0.2) is 12.2 Å². The molecule has 0 aliphatic carbocycles. The zero-order valence-electron chi connectivity index (χ0n) is 24.8. The number of rotatable bonds is 26. The minimum atomic E-state index is -1.19. The number of allylic oxidation sites excluding steroid dienone is 2. The van der Waals surface area contributed by atoms with Crippen molar-refractivity contribution in [3.05, 3.63) is 12.2 Å². The van der Waals surface area contributed by atoms with Gasteiger partial charge in [0.1, 0.15) is 11.8 Å². The van der Waals surface area contributed by atoms with Crippen molar-refractivity contribution in [3.63, 3.8) is 0 Å². The Bertz CT molecular complexity index is 622. The Morgan fingerprint density at radius 1 is 0.632 bits per heavy atom. The van der Waals surface area contributed by atoms with Gasteiger partial charge in [-0.25, -0.2) is 0 Å². The fourth-order valence-electron chi connectivity index (χ4n) is 5.34. The van der Waals surface area contributed by atoms with Crippen LogP contribution in [0.1, 0.15) is 124 Å². The lowest BCUT2D eigenvalue weighted by atomic mass is 10.0. The first-order valence-corrected chi connectivity index (χ1v) is 15.2. The third kappa shape index (κ3) is 18.4. The molecule has 0 spiro atoms. The van der Waals surface area contributed by atoms with Gasteiger partial charge in [0.25, 0.3) is 0 Å². The summed E-state index contributed by atoms with van der Waals surface area (Å²) in [5.74, 6) is -5.25. The van der Waals surface area contributed by atoms with Crippen molar-refractivity contribution in [3.8, 4) is 0 Å². The first-order valence-electron chi connectivity index (χ1n) is 15.2. The second-order valence-electron chi connectivity index (χ2n) is 11.6. The molecule has 7 nitrogen and oxygen atoms in total. The molecule has 0 aromatic rings. The van der Waals surface area contributed by atoms with Crippen LogP contribution in [0, 0.1) is 17.8 Å². The van der Waals surface area contributed by atoms with Crippen molar-refractivity contribution in [1.82, 2.24) is 0 Å². The van der Waals surface area contributed by atoms with Gasteiger partial charge in [0.15, 0.2) is 0 Å². The summed E-state index contributed by atoms with van der Waals surface area (Å²) in [5.41, 5.74) is 0. The Morgan fingerprint density at radius 3 is 1.39 bits per heavy atom. The molecule has 0 bridgehead atoms. The predicted molar refractivity (Wildman–Crippen MR) is 152 cm³/mol. The molecule has 3 unspecified atom stereocenters. The van der Waals surface area contributed by atoms with E-state index in [1.54, 1.807) is 20.8 Å². The van der Waals surface area contributed by atoms with E-state index >= 15 is 0 Å². The molecule has 0 aliphatic heterocycles. The largest absolute Gasteiger partial charge is 0.550 e. The summed E-state index contributed by atoms with van der Waals surface area (Å²) in [7, 11) is 0. The van der Waals surface area contributed by atoms with Gasteiger partial charge in [0, 0.05) is 11.9 Å². The maximum Gasteiger partial charge on any atom is 0.311 e. The SMILES string of the molecule is CCCCCCCCC/C=C/CCCCCCCC[N+](CC(C)C(=O)[O-])(CC(C)C(=O)O)CC(C)C(=O)O. The predicted octanol–water partition coefficient (Wildman–Crippen LogP) is 6.06. The van der Waals surface area contributed by atoms with Crippen molar-refractivity contribution in [2.75, 3.05) is 26.2 Å². The van der Waals surface area contributed by atoms with Crippen molar-refractivity contribution in [1.29, 1.82) is 0 Å². The van der Waals surface area contributed by atoms with Gasteiger partial charge in [0.2, 0.25) is 0 Å².